The van der Waals surface area contributed by atoms with Gasteiger partial charge in [-0.3, -0.25) is 9.59 Å². The summed E-state index contributed by atoms with van der Waals surface area (Å²) in [6.07, 6.45) is 0. The molecule has 7 heteroatoms. The van der Waals surface area contributed by atoms with E-state index in [1.54, 1.807) is 24.3 Å². The standard InChI is InChI=1S/C17H12FNO4S/c18-12-7-5-11(6-8-12)9-24-10-15(20)23-19-16(21)13-3-1-2-4-14(13)17(19)22/h1-8H,9-10H2. The maximum absolute atomic E-state index is 12.8. The Kier molecular flexibility index (Phi) is 4.61. The summed E-state index contributed by atoms with van der Waals surface area (Å²) in [7, 11) is 0. The molecule has 122 valence electrons. The van der Waals surface area contributed by atoms with Crippen molar-refractivity contribution < 1.29 is 23.6 Å². The van der Waals surface area contributed by atoms with Gasteiger partial charge in [0.05, 0.1) is 16.9 Å². The zero-order chi connectivity index (χ0) is 17.1. The first-order valence-corrected chi connectivity index (χ1v) is 8.22. The minimum absolute atomic E-state index is 0.0369. The number of benzene rings is 2. The van der Waals surface area contributed by atoms with Gasteiger partial charge >= 0.3 is 5.97 Å². The van der Waals surface area contributed by atoms with Crippen LogP contribution >= 0.6 is 11.8 Å². The van der Waals surface area contributed by atoms with Crippen molar-refractivity contribution in [1.29, 1.82) is 0 Å². The molecule has 0 radical (unpaired) electrons. The van der Waals surface area contributed by atoms with E-state index in [0.717, 1.165) is 5.56 Å². The number of hydrogen-bond donors (Lipinski definition) is 0. The quantitative estimate of drug-likeness (QED) is 0.780. The summed E-state index contributed by atoms with van der Waals surface area (Å²) in [5.41, 5.74) is 1.29. The fourth-order valence-corrected chi connectivity index (χ4v) is 2.96. The second-order valence-corrected chi connectivity index (χ2v) is 6.02. The van der Waals surface area contributed by atoms with Crippen LogP contribution in [0.2, 0.25) is 0 Å². The Hall–Kier alpha value is -2.67. The van der Waals surface area contributed by atoms with Crippen LogP contribution in [-0.4, -0.2) is 28.6 Å². The zero-order valence-electron chi connectivity index (χ0n) is 12.4. The molecule has 0 saturated carbocycles. The first-order chi connectivity index (χ1) is 11.6. The number of halogens is 1. The van der Waals surface area contributed by atoms with Gasteiger partial charge in [0.15, 0.2) is 0 Å². The maximum atomic E-state index is 12.8. The fraction of sp³-hybridized carbons (Fsp3) is 0.118. The Morgan fingerprint density at radius 1 is 1.00 bits per heavy atom. The number of amides is 2. The normalized spacial score (nSPS) is 13.1. The van der Waals surface area contributed by atoms with Gasteiger partial charge < -0.3 is 4.84 Å². The lowest BCUT2D eigenvalue weighted by molar-refractivity contribution is -0.165. The van der Waals surface area contributed by atoms with Crippen molar-refractivity contribution in [3.63, 3.8) is 0 Å². The average molecular weight is 345 g/mol. The van der Waals surface area contributed by atoms with Crippen molar-refractivity contribution in [2.75, 3.05) is 5.75 Å². The van der Waals surface area contributed by atoms with Crippen LogP contribution in [0.25, 0.3) is 0 Å². The largest absolute Gasteiger partial charge is 0.343 e. The second kappa shape index (κ2) is 6.84. The Morgan fingerprint density at radius 3 is 2.17 bits per heavy atom. The number of rotatable bonds is 5. The van der Waals surface area contributed by atoms with Crippen LogP contribution in [-0.2, 0) is 15.4 Å². The van der Waals surface area contributed by atoms with E-state index < -0.39 is 17.8 Å². The van der Waals surface area contributed by atoms with Crippen LogP contribution in [0.3, 0.4) is 0 Å². The minimum atomic E-state index is -0.698. The van der Waals surface area contributed by atoms with Gasteiger partial charge in [-0.1, -0.05) is 29.3 Å². The predicted molar refractivity (Wildman–Crippen MR) is 85.6 cm³/mol. The highest BCUT2D eigenvalue weighted by Crippen LogP contribution is 2.23. The van der Waals surface area contributed by atoms with E-state index in [0.29, 0.717) is 10.8 Å². The van der Waals surface area contributed by atoms with Gasteiger partial charge in [0.2, 0.25) is 0 Å². The highest BCUT2D eigenvalue weighted by molar-refractivity contribution is 7.99. The van der Waals surface area contributed by atoms with Crippen molar-refractivity contribution in [3.05, 3.63) is 71.0 Å². The molecule has 0 aliphatic carbocycles. The lowest BCUT2D eigenvalue weighted by atomic mass is 10.1. The fourth-order valence-electron chi connectivity index (χ4n) is 2.21. The molecule has 0 aromatic heterocycles. The molecule has 24 heavy (non-hydrogen) atoms. The van der Waals surface area contributed by atoms with Crippen molar-refractivity contribution in [3.8, 4) is 0 Å². The van der Waals surface area contributed by atoms with Gasteiger partial charge in [-0.05, 0) is 29.8 Å². The molecule has 0 atom stereocenters. The number of fused-ring (bicyclic) bond motifs is 1. The van der Waals surface area contributed by atoms with E-state index in [-0.39, 0.29) is 22.7 Å². The molecule has 5 nitrogen and oxygen atoms in total. The topological polar surface area (TPSA) is 63.7 Å². The number of nitrogens with zero attached hydrogens (tertiary/aromatic N) is 1. The summed E-state index contributed by atoms with van der Waals surface area (Å²) in [5, 5.41) is 0.492. The van der Waals surface area contributed by atoms with Gasteiger partial charge in [-0.2, -0.15) is 0 Å². The van der Waals surface area contributed by atoms with Crippen LogP contribution in [0, 0.1) is 5.82 Å². The molecule has 2 amide bonds. The van der Waals surface area contributed by atoms with E-state index in [1.165, 1.54) is 36.0 Å². The number of thioether (sulfide) groups is 1. The monoisotopic (exact) mass is 345 g/mol. The van der Waals surface area contributed by atoms with Gasteiger partial charge in [-0.25, -0.2) is 9.18 Å². The molecule has 1 aliphatic rings. The predicted octanol–water partition coefficient (Wildman–Crippen LogP) is 2.81. The first-order valence-electron chi connectivity index (χ1n) is 7.07. The lowest BCUT2D eigenvalue weighted by Crippen LogP contribution is -2.33. The molecule has 1 heterocycles. The number of imide groups is 1. The third-order valence-corrected chi connectivity index (χ3v) is 4.33. The van der Waals surface area contributed by atoms with Gasteiger partial charge in [0.25, 0.3) is 11.8 Å². The van der Waals surface area contributed by atoms with E-state index in [9.17, 15) is 18.8 Å². The number of carbonyl (C=O) groups excluding carboxylic acids is 3. The molecular weight excluding hydrogens is 333 g/mol. The number of carbonyl (C=O) groups is 3. The lowest BCUT2D eigenvalue weighted by Gasteiger charge is -2.12. The third-order valence-electron chi connectivity index (χ3n) is 3.35. The summed E-state index contributed by atoms with van der Waals surface area (Å²) in [6, 6.07) is 12.2. The Labute approximate surface area is 141 Å². The Morgan fingerprint density at radius 2 is 1.58 bits per heavy atom. The minimum Gasteiger partial charge on any atom is -0.329 e. The third kappa shape index (κ3) is 3.30. The van der Waals surface area contributed by atoms with Crippen LogP contribution in [0.1, 0.15) is 26.3 Å². The SMILES string of the molecule is O=C(CSCc1ccc(F)cc1)ON1C(=O)c2ccccc2C1=O. The van der Waals surface area contributed by atoms with Crippen molar-refractivity contribution in [2.24, 2.45) is 0 Å². The summed E-state index contributed by atoms with van der Waals surface area (Å²) >= 11 is 1.24. The van der Waals surface area contributed by atoms with E-state index in [4.69, 9.17) is 4.84 Å². The van der Waals surface area contributed by atoms with Gasteiger partial charge in [-0.15, -0.1) is 11.8 Å². The van der Waals surface area contributed by atoms with Crippen molar-refractivity contribution in [1.82, 2.24) is 5.06 Å². The smallest absolute Gasteiger partial charge is 0.329 e. The van der Waals surface area contributed by atoms with Crippen LogP contribution in [0.15, 0.2) is 48.5 Å². The van der Waals surface area contributed by atoms with Crippen LogP contribution < -0.4 is 0 Å². The highest BCUT2D eigenvalue weighted by Gasteiger charge is 2.38. The molecule has 0 spiro atoms. The molecule has 2 aromatic rings. The Bertz CT molecular complexity index is 771. The summed E-state index contributed by atoms with van der Waals surface area (Å²) in [4.78, 5) is 40.8. The molecule has 0 fully saturated rings. The number of hydroxylamine groups is 2. The summed E-state index contributed by atoms with van der Waals surface area (Å²) in [6.45, 7) is 0. The first kappa shape index (κ1) is 16.2. The molecule has 0 N–H and O–H groups in total. The molecule has 1 aliphatic heterocycles. The molecule has 0 unspecified atom stereocenters. The Balaban J connectivity index is 1.53. The van der Waals surface area contributed by atoms with Crippen LogP contribution in [0.4, 0.5) is 4.39 Å². The van der Waals surface area contributed by atoms with Gasteiger partial charge in [0, 0.05) is 5.75 Å². The molecule has 3 rings (SSSR count). The second-order valence-electron chi connectivity index (χ2n) is 5.03. The summed E-state index contributed by atoms with van der Waals surface area (Å²) < 4.78 is 12.8. The van der Waals surface area contributed by atoms with E-state index in [2.05, 4.69) is 0 Å². The number of hydrogen-bond acceptors (Lipinski definition) is 5. The van der Waals surface area contributed by atoms with Crippen molar-refractivity contribution in [2.45, 2.75) is 5.75 Å². The van der Waals surface area contributed by atoms with Gasteiger partial charge in [0.1, 0.15) is 5.82 Å². The molecule has 0 saturated heterocycles. The molecule has 2 aromatic carbocycles. The van der Waals surface area contributed by atoms with Crippen molar-refractivity contribution >= 4 is 29.5 Å². The zero-order valence-corrected chi connectivity index (χ0v) is 13.2. The van der Waals surface area contributed by atoms with E-state index >= 15 is 0 Å². The molecular formula is C17H12FNO4S. The maximum Gasteiger partial charge on any atom is 0.343 e. The van der Waals surface area contributed by atoms with E-state index in [1.807, 2.05) is 0 Å². The molecule has 0 bridgehead atoms. The highest BCUT2D eigenvalue weighted by atomic mass is 32.2. The summed E-state index contributed by atoms with van der Waals surface area (Å²) in [5.74, 6) is -1.87. The average Bonchev–Trinajstić information content (AvgIpc) is 2.82. The van der Waals surface area contributed by atoms with Crippen LogP contribution in [0.5, 0.6) is 0 Å².